The molecule has 1 aliphatic rings. The van der Waals surface area contributed by atoms with Crippen molar-refractivity contribution in [2.75, 3.05) is 6.54 Å². The molecule has 1 aliphatic carbocycles. The van der Waals surface area contributed by atoms with Crippen molar-refractivity contribution in [2.24, 2.45) is 11.7 Å². The molecule has 3 N–H and O–H groups in total. The number of hydrogen-bond acceptors (Lipinski definition) is 4. The summed E-state index contributed by atoms with van der Waals surface area (Å²) < 4.78 is 5.16. The molecule has 1 saturated carbocycles. The van der Waals surface area contributed by atoms with Gasteiger partial charge in [0, 0.05) is 22.7 Å². The van der Waals surface area contributed by atoms with Crippen LogP contribution in [0, 0.1) is 5.92 Å². The Kier molecular flexibility index (Phi) is 4.45. The molecule has 0 saturated heterocycles. The molecule has 1 aromatic carbocycles. The number of halogens is 1. The van der Waals surface area contributed by atoms with Crippen LogP contribution >= 0.6 is 11.6 Å². The first-order valence-electron chi connectivity index (χ1n) is 7.41. The first-order chi connectivity index (χ1) is 10.7. The van der Waals surface area contributed by atoms with Crippen LogP contribution in [0.15, 0.2) is 34.9 Å². The second kappa shape index (κ2) is 6.50. The van der Waals surface area contributed by atoms with E-state index >= 15 is 0 Å². The highest BCUT2D eigenvalue weighted by Gasteiger charge is 2.28. The summed E-state index contributed by atoms with van der Waals surface area (Å²) in [6, 6.07) is 9.02. The van der Waals surface area contributed by atoms with Crippen LogP contribution in [0.4, 0.5) is 0 Å². The molecule has 2 unspecified atom stereocenters. The molecule has 1 amide bonds. The summed E-state index contributed by atoms with van der Waals surface area (Å²) in [7, 11) is 0. The Morgan fingerprint density at radius 3 is 3.05 bits per heavy atom. The first-order valence-corrected chi connectivity index (χ1v) is 7.79. The van der Waals surface area contributed by atoms with Crippen molar-refractivity contribution in [2.45, 2.75) is 25.3 Å². The second-order valence-electron chi connectivity index (χ2n) is 5.59. The summed E-state index contributed by atoms with van der Waals surface area (Å²) in [5.41, 5.74) is 7.14. The van der Waals surface area contributed by atoms with Crippen LogP contribution in [-0.2, 0) is 0 Å². The maximum atomic E-state index is 12.3. The van der Waals surface area contributed by atoms with Gasteiger partial charge in [0.05, 0.1) is 0 Å². The van der Waals surface area contributed by atoms with Crippen LogP contribution in [0.3, 0.4) is 0 Å². The topological polar surface area (TPSA) is 81.1 Å². The number of nitrogens with two attached hydrogens (primary N) is 1. The van der Waals surface area contributed by atoms with Gasteiger partial charge >= 0.3 is 0 Å². The summed E-state index contributed by atoms with van der Waals surface area (Å²) in [5.74, 6) is 0.308. The number of carbonyl (C=O) groups excluding carboxylic acids is 1. The Labute approximate surface area is 133 Å². The lowest BCUT2D eigenvalue weighted by Gasteiger charge is -2.18. The van der Waals surface area contributed by atoms with Crippen LogP contribution in [0.2, 0.25) is 5.02 Å². The van der Waals surface area contributed by atoms with Gasteiger partial charge in [-0.05, 0) is 37.4 Å². The first kappa shape index (κ1) is 15.1. The quantitative estimate of drug-likeness (QED) is 0.908. The van der Waals surface area contributed by atoms with E-state index in [2.05, 4.69) is 10.5 Å². The minimum absolute atomic E-state index is 0.122. The van der Waals surface area contributed by atoms with E-state index in [0.29, 0.717) is 23.2 Å². The monoisotopic (exact) mass is 319 g/mol. The van der Waals surface area contributed by atoms with Gasteiger partial charge in [-0.2, -0.15) is 0 Å². The molecule has 2 atom stereocenters. The van der Waals surface area contributed by atoms with Crippen LogP contribution in [-0.4, -0.2) is 23.7 Å². The van der Waals surface area contributed by atoms with Gasteiger partial charge in [-0.15, -0.1) is 0 Å². The van der Waals surface area contributed by atoms with Gasteiger partial charge in [-0.1, -0.05) is 35.3 Å². The smallest absolute Gasteiger partial charge is 0.290 e. The second-order valence-corrected chi connectivity index (χ2v) is 6.03. The molecule has 1 heterocycles. The molecule has 116 valence electrons. The predicted molar refractivity (Wildman–Crippen MR) is 84.6 cm³/mol. The lowest BCUT2D eigenvalue weighted by atomic mass is 10.0. The molecule has 0 spiro atoms. The molecule has 0 aliphatic heterocycles. The van der Waals surface area contributed by atoms with Gasteiger partial charge in [0.25, 0.3) is 5.91 Å². The van der Waals surface area contributed by atoms with E-state index in [1.54, 1.807) is 18.2 Å². The number of carbonyl (C=O) groups is 1. The van der Waals surface area contributed by atoms with Crippen molar-refractivity contribution in [1.29, 1.82) is 0 Å². The highest BCUT2D eigenvalue weighted by atomic mass is 35.5. The Morgan fingerprint density at radius 2 is 2.27 bits per heavy atom. The zero-order valence-corrected chi connectivity index (χ0v) is 12.8. The minimum Gasteiger partial charge on any atom is -0.350 e. The number of aromatic nitrogens is 1. The maximum absolute atomic E-state index is 12.3. The largest absolute Gasteiger partial charge is 0.350 e. The van der Waals surface area contributed by atoms with Crippen molar-refractivity contribution in [3.8, 4) is 11.3 Å². The lowest BCUT2D eigenvalue weighted by Crippen LogP contribution is -2.39. The molecular formula is C16H18ClN3O2. The molecule has 1 aromatic heterocycles. The maximum Gasteiger partial charge on any atom is 0.290 e. The summed E-state index contributed by atoms with van der Waals surface area (Å²) in [5, 5.41) is 7.55. The SMILES string of the molecule is NCC1CCCC1NC(=O)c1cc(-c2cccc(Cl)c2)no1. The fourth-order valence-electron chi connectivity index (χ4n) is 2.91. The predicted octanol–water partition coefficient (Wildman–Crippen LogP) is 2.85. The van der Waals surface area contributed by atoms with Gasteiger partial charge in [0.2, 0.25) is 5.76 Å². The van der Waals surface area contributed by atoms with Gasteiger partial charge < -0.3 is 15.6 Å². The van der Waals surface area contributed by atoms with Gasteiger partial charge in [0.15, 0.2) is 0 Å². The van der Waals surface area contributed by atoms with Crippen molar-refractivity contribution >= 4 is 17.5 Å². The Morgan fingerprint density at radius 1 is 1.41 bits per heavy atom. The third kappa shape index (κ3) is 3.15. The summed E-state index contributed by atoms with van der Waals surface area (Å²) in [4.78, 5) is 12.3. The van der Waals surface area contributed by atoms with E-state index in [9.17, 15) is 4.79 Å². The van der Waals surface area contributed by atoms with E-state index in [-0.39, 0.29) is 17.7 Å². The van der Waals surface area contributed by atoms with Crippen LogP contribution in [0.25, 0.3) is 11.3 Å². The van der Waals surface area contributed by atoms with Crippen LogP contribution < -0.4 is 11.1 Å². The molecule has 0 radical (unpaired) electrons. The number of rotatable bonds is 4. The van der Waals surface area contributed by atoms with Crippen molar-refractivity contribution in [1.82, 2.24) is 10.5 Å². The molecule has 22 heavy (non-hydrogen) atoms. The normalized spacial score (nSPS) is 21.0. The number of nitrogens with zero attached hydrogens (tertiary/aromatic N) is 1. The summed E-state index contributed by atoms with van der Waals surface area (Å²) >= 11 is 5.96. The summed E-state index contributed by atoms with van der Waals surface area (Å²) in [6.45, 7) is 0.592. The molecule has 2 aromatic rings. The Bertz CT molecular complexity index is 671. The highest BCUT2D eigenvalue weighted by Crippen LogP contribution is 2.26. The van der Waals surface area contributed by atoms with E-state index in [4.69, 9.17) is 21.9 Å². The number of hydrogen-bond donors (Lipinski definition) is 2. The Hall–Kier alpha value is -1.85. The zero-order valence-electron chi connectivity index (χ0n) is 12.1. The van der Waals surface area contributed by atoms with Crippen molar-refractivity contribution in [3.05, 3.63) is 41.1 Å². The van der Waals surface area contributed by atoms with Gasteiger partial charge in [0.1, 0.15) is 5.69 Å². The zero-order chi connectivity index (χ0) is 15.5. The standard InChI is InChI=1S/C16H18ClN3O2/c17-12-5-1-3-10(7-12)14-8-15(22-20-14)16(21)19-13-6-2-4-11(13)9-18/h1,3,5,7-8,11,13H,2,4,6,9,18H2,(H,19,21). The molecule has 0 bridgehead atoms. The fourth-order valence-corrected chi connectivity index (χ4v) is 3.10. The third-order valence-corrected chi connectivity index (χ3v) is 4.37. The van der Waals surface area contributed by atoms with Gasteiger partial charge in [-0.25, -0.2) is 0 Å². The van der Waals surface area contributed by atoms with Gasteiger partial charge in [-0.3, -0.25) is 4.79 Å². The van der Waals surface area contributed by atoms with E-state index in [0.717, 1.165) is 24.8 Å². The van der Waals surface area contributed by atoms with Crippen LogP contribution in [0.5, 0.6) is 0 Å². The fraction of sp³-hybridized carbons (Fsp3) is 0.375. The van der Waals surface area contributed by atoms with Crippen molar-refractivity contribution in [3.63, 3.8) is 0 Å². The van der Waals surface area contributed by atoms with E-state index < -0.39 is 0 Å². The van der Waals surface area contributed by atoms with Crippen LogP contribution in [0.1, 0.15) is 29.8 Å². The average molecular weight is 320 g/mol. The molecule has 5 nitrogen and oxygen atoms in total. The van der Waals surface area contributed by atoms with E-state index in [1.165, 1.54) is 0 Å². The minimum atomic E-state index is -0.244. The highest BCUT2D eigenvalue weighted by molar-refractivity contribution is 6.30. The number of amides is 1. The summed E-state index contributed by atoms with van der Waals surface area (Å²) in [6.07, 6.45) is 3.12. The average Bonchev–Trinajstić information content (AvgIpc) is 3.16. The van der Waals surface area contributed by atoms with E-state index in [1.807, 2.05) is 12.1 Å². The molecule has 1 fully saturated rings. The number of benzene rings is 1. The number of nitrogens with one attached hydrogen (secondary N) is 1. The lowest BCUT2D eigenvalue weighted by molar-refractivity contribution is 0.0891. The molecular weight excluding hydrogens is 302 g/mol. The molecule has 3 rings (SSSR count). The Balaban J connectivity index is 1.72. The third-order valence-electron chi connectivity index (χ3n) is 4.13. The van der Waals surface area contributed by atoms with Crippen molar-refractivity contribution < 1.29 is 9.32 Å². The molecule has 6 heteroatoms.